The van der Waals surface area contributed by atoms with E-state index >= 15 is 0 Å². The van der Waals surface area contributed by atoms with Crippen LogP contribution in [-0.2, 0) is 0 Å². The normalized spacial score (nSPS) is 17.6. The van der Waals surface area contributed by atoms with Crippen LogP contribution in [-0.4, -0.2) is 41.3 Å². The van der Waals surface area contributed by atoms with Crippen LogP contribution >= 0.6 is 0 Å². The monoisotopic (exact) mass is 222 g/mol. The molecule has 1 aliphatic rings. The van der Waals surface area contributed by atoms with E-state index in [-0.39, 0.29) is 6.10 Å². The second-order valence-corrected chi connectivity index (χ2v) is 4.14. The number of rotatable bonds is 2. The zero-order chi connectivity index (χ0) is 11.5. The van der Waals surface area contributed by atoms with Gasteiger partial charge < -0.3 is 15.3 Å². The van der Waals surface area contributed by atoms with Crippen molar-refractivity contribution in [3.63, 3.8) is 0 Å². The van der Waals surface area contributed by atoms with Gasteiger partial charge in [0.15, 0.2) is 0 Å². The van der Waals surface area contributed by atoms with E-state index in [1.165, 1.54) is 0 Å². The second kappa shape index (κ2) is 4.65. The minimum absolute atomic E-state index is 0.151. The standard InChI is InChI=1S/C11H18N4O/c1-8-10(12-2)13-7-14-11(8)15-5-3-9(16)4-6-15/h7,9,16H,3-6H2,1-2H3,(H,12,13,14). The van der Waals surface area contributed by atoms with Gasteiger partial charge in [-0.3, -0.25) is 0 Å². The molecule has 0 atom stereocenters. The third kappa shape index (κ3) is 2.09. The third-order valence-corrected chi connectivity index (χ3v) is 3.06. The Kier molecular flexibility index (Phi) is 3.24. The summed E-state index contributed by atoms with van der Waals surface area (Å²) in [7, 11) is 1.86. The molecule has 1 aliphatic heterocycles. The molecule has 0 aromatic carbocycles. The van der Waals surface area contributed by atoms with Crippen molar-refractivity contribution in [2.45, 2.75) is 25.9 Å². The summed E-state index contributed by atoms with van der Waals surface area (Å²) in [6.07, 6.45) is 3.07. The predicted molar refractivity (Wildman–Crippen MR) is 63.8 cm³/mol. The summed E-state index contributed by atoms with van der Waals surface area (Å²) in [5.74, 6) is 1.85. The highest BCUT2D eigenvalue weighted by Crippen LogP contribution is 2.24. The number of aromatic nitrogens is 2. The minimum atomic E-state index is -0.151. The van der Waals surface area contributed by atoms with Gasteiger partial charge in [-0.1, -0.05) is 0 Å². The molecule has 88 valence electrons. The summed E-state index contributed by atoms with van der Waals surface area (Å²) in [5, 5.41) is 12.5. The lowest BCUT2D eigenvalue weighted by atomic mass is 10.1. The molecule has 0 saturated carbocycles. The largest absolute Gasteiger partial charge is 0.393 e. The van der Waals surface area contributed by atoms with Gasteiger partial charge in [-0.05, 0) is 19.8 Å². The Hall–Kier alpha value is -1.36. The van der Waals surface area contributed by atoms with Gasteiger partial charge in [0.05, 0.1) is 6.10 Å². The van der Waals surface area contributed by atoms with Crippen molar-refractivity contribution in [1.82, 2.24) is 9.97 Å². The molecule has 2 N–H and O–H groups in total. The van der Waals surface area contributed by atoms with E-state index in [0.717, 1.165) is 43.1 Å². The molecular weight excluding hydrogens is 204 g/mol. The zero-order valence-electron chi connectivity index (χ0n) is 9.77. The maximum absolute atomic E-state index is 9.47. The smallest absolute Gasteiger partial charge is 0.137 e. The number of nitrogens with zero attached hydrogens (tertiary/aromatic N) is 3. The Balaban J connectivity index is 2.20. The first-order valence-electron chi connectivity index (χ1n) is 5.64. The lowest BCUT2D eigenvalue weighted by Crippen LogP contribution is -2.36. The molecule has 0 bridgehead atoms. The molecule has 0 aliphatic carbocycles. The van der Waals surface area contributed by atoms with Crippen molar-refractivity contribution >= 4 is 11.6 Å². The second-order valence-electron chi connectivity index (χ2n) is 4.14. The number of hydrogen-bond donors (Lipinski definition) is 2. The quantitative estimate of drug-likeness (QED) is 0.774. The average molecular weight is 222 g/mol. The van der Waals surface area contributed by atoms with Crippen LogP contribution in [0.5, 0.6) is 0 Å². The molecule has 1 aromatic heterocycles. The number of aliphatic hydroxyl groups is 1. The van der Waals surface area contributed by atoms with Gasteiger partial charge in [-0.2, -0.15) is 0 Å². The number of nitrogens with one attached hydrogen (secondary N) is 1. The Morgan fingerprint density at radius 1 is 1.38 bits per heavy atom. The molecule has 0 amide bonds. The van der Waals surface area contributed by atoms with Crippen LogP contribution in [0.3, 0.4) is 0 Å². The Bertz CT molecular complexity index is 361. The molecule has 2 rings (SSSR count). The van der Waals surface area contributed by atoms with E-state index in [4.69, 9.17) is 0 Å². The van der Waals surface area contributed by atoms with E-state index in [1.807, 2.05) is 14.0 Å². The van der Waals surface area contributed by atoms with Crippen LogP contribution in [0.25, 0.3) is 0 Å². The summed E-state index contributed by atoms with van der Waals surface area (Å²) >= 11 is 0. The number of piperidine rings is 1. The van der Waals surface area contributed by atoms with Crippen LogP contribution in [0.2, 0.25) is 0 Å². The zero-order valence-corrected chi connectivity index (χ0v) is 9.77. The average Bonchev–Trinajstić information content (AvgIpc) is 2.31. The number of hydrogen-bond acceptors (Lipinski definition) is 5. The van der Waals surface area contributed by atoms with E-state index < -0.39 is 0 Å². The van der Waals surface area contributed by atoms with Gasteiger partial charge in [-0.15, -0.1) is 0 Å². The highest BCUT2D eigenvalue weighted by atomic mass is 16.3. The Labute approximate surface area is 95.5 Å². The first kappa shape index (κ1) is 11.1. The Morgan fingerprint density at radius 2 is 2.06 bits per heavy atom. The first-order valence-corrected chi connectivity index (χ1v) is 5.64. The van der Waals surface area contributed by atoms with Crippen molar-refractivity contribution in [1.29, 1.82) is 0 Å². The summed E-state index contributed by atoms with van der Waals surface area (Å²) in [6, 6.07) is 0. The lowest BCUT2D eigenvalue weighted by Gasteiger charge is -2.31. The van der Waals surface area contributed by atoms with Crippen LogP contribution in [0.15, 0.2) is 6.33 Å². The molecule has 1 aromatic rings. The van der Waals surface area contributed by atoms with Gasteiger partial charge in [0.1, 0.15) is 18.0 Å². The summed E-state index contributed by atoms with van der Waals surface area (Å²) < 4.78 is 0. The third-order valence-electron chi connectivity index (χ3n) is 3.06. The molecule has 0 unspecified atom stereocenters. The fraction of sp³-hybridized carbons (Fsp3) is 0.636. The molecule has 0 radical (unpaired) electrons. The van der Waals surface area contributed by atoms with Crippen molar-refractivity contribution in [3.05, 3.63) is 11.9 Å². The van der Waals surface area contributed by atoms with Crippen LogP contribution in [0, 0.1) is 6.92 Å². The van der Waals surface area contributed by atoms with Gasteiger partial charge in [0.25, 0.3) is 0 Å². The van der Waals surface area contributed by atoms with E-state index in [9.17, 15) is 5.11 Å². The van der Waals surface area contributed by atoms with Crippen molar-refractivity contribution < 1.29 is 5.11 Å². The lowest BCUT2D eigenvalue weighted by molar-refractivity contribution is 0.145. The number of anilines is 2. The summed E-state index contributed by atoms with van der Waals surface area (Å²) in [4.78, 5) is 10.7. The molecule has 5 heteroatoms. The topological polar surface area (TPSA) is 61.3 Å². The number of aliphatic hydroxyl groups excluding tert-OH is 1. The van der Waals surface area contributed by atoms with Crippen molar-refractivity contribution in [2.24, 2.45) is 0 Å². The van der Waals surface area contributed by atoms with E-state index in [2.05, 4.69) is 20.2 Å². The fourth-order valence-corrected chi connectivity index (χ4v) is 2.09. The maximum atomic E-state index is 9.47. The van der Waals surface area contributed by atoms with E-state index in [1.54, 1.807) is 6.33 Å². The van der Waals surface area contributed by atoms with Crippen LogP contribution < -0.4 is 10.2 Å². The molecule has 1 fully saturated rings. The highest BCUT2D eigenvalue weighted by Gasteiger charge is 2.20. The fourth-order valence-electron chi connectivity index (χ4n) is 2.09. The summed E-state index contributed by atoms with van der Waals surface area (Å²) in [5.41, 5.74) is 1.07. The van der Waals surface area contributed by atoms with Gasteiger partial charge >= 0.3 is 0 Å². The van der Waals surface area contributed by atoms with Gasteiger partial charge in [0, 0.05) is 25.7 Å². The van der Waals surface area contributed by atoms with Gasteiger partial charge in [0.2, 0.25) is 0 Å². The van der Waals surface area contributed by atoms with Crippen LogP contribution in [0.4, 0.5) is 11.6 Å². The molecular formula is C11H18N4O. The minimum Gasteiger partial charge on any atom is -0.393 e. The highest BCUT2D eigenvalue weighted by molar-refractivity contribution is 5.57. The first-order chi connectivity index (χ1) is 7.72. The molecule has 0 spiro atoms. The summed E-state index contributed by atoms with van der Waals surface area (Å²) in [6.45, 7) is 3.75. The SMILES string of the molecule is CNc1ncnc(N2CCC(O)CC2)c1C. The molecule has 1 saturated heterocycles. The Morgan fingerprint density at radius 3 is 2.69 bits per heavy atom. The molecule has 16 heavy (non-hydrogen) atoms. The maximum Gasteiger partial charge on any atom is 0.137 e. The van der Waals surface area contributed by atoms with Gasteiger partial charge in [-0.25, -0.2) is 9.97 Å². The van der Waals surface area contributed by atoms with Crippen molar-refractivity contribution in [2.75, 3.05) is 30.4 Å². The molecule has 2 heterocycles. The van der Waals surface area contributed by atoms with Crippen molar-refractivity contribution in [3.8, 4) is 0 Å². The molecule has 5 nitrogen and oxygen atoms in total. The van der Waals surface area contributed by atoms with E-state index in [0.29, 0.717) is 0 Å². The predicted octanol–water partition coefficient (Wildman–Crippen LogP) is 0.788. The van der Waals surface area contributed by atoms with Crippen LogP contribution in [0.1, 0.15) is 18.4 Å².